The third-order valence-electron chi connectivity index (χ3n) is 1.66. The standard InChI is InChI=1S/C7H7F3/c1-2-3-6(4-5-6)7(8,9)10/h4-5H2,1H3. The van der Waals surface area contributed by atoms with Crippen molar-refractivity contribution in [3.63, 3.8) is 0 Å². The van der Waals surface area contributed by atoms with Crippen LogP contribution >= 0.6 is 0 Å². The van der Waals surface area contributed by atoms with E-state index >= 15 is 0 Å². The van der Waals surface area contributed by atoms with E-state index in [2.05, 4.69) is 11.8 Å². The molecule has 0 aromatic rings. The Balaban J connectivity index is 2.76. The number of hydrogen-bond acceptors (Lipinski definition) is 0. The third-order valence-corrected chi connectivity index (χ3v) is 1.66. The van der Waals surface area contributed by atoms with Gasteiger partial charge in [-0.05, 0) is 19.8 Å². The monoisotopic (exact) mass is 148 g/mol. The molecule has 0 saturated heterocycles. The van der Waals surface area contributed by atoms with Gasteiger partial charge in [0.1, 0.15) is 5.41 Å². The van der Waals surface area contributed by atoms with Crippen LogP contribution in [0.1, 0.15) is 19.8 Å². The van der Waals surface area contributed by atoms with Crippen LogP contribution in [0, 0.1) is 17.3 Å². The minimum atomic E-state index is -4.12. The van der Waals surface area contributed by atoms with Crippen LogP contribution < -0.4 is 0 Å². The maximum Gasteiger partial charge on any atom is 0.405 e. The highest BCUT2D eigenvalue weighted by Gasteiger charge is 2.62. The first-order chi connectivity index (χ1) is 4.52. The predicted octanol–water partition coefficient (Wildman–Crippen LogP) is 2.35. The van der Waals surface area contributed by atoms with Gasteiger partial charge in [0.25, 0.3) is 0 Å². The van der Waals surface area contributed by atoms with Gasteiger partial charge in [-0.25, -0.2) is 0 Å². The molecule has 0 aromatic heterocycles. The molecule has 0 bridgehead atoms. The first-order valence-corrected chi connectivity index (χ1v) is 3.02. The number of alkyl halides is 3. The molecule has 0 spiro atoms. The lowest BCUT2D eigenvalue weighted by Crippen LogP contribution is -2.22. The Morgan fingerprint density at radius 3 is 1.90 bits per heavy atom. The molecule has 0 radical (unpaired) electrons. The molecule has 10 heavy (non-hydrogen) atoms. The fourth-order valence-electron chi connectivity index (χ4n) is 0.844. The zero-order valence-electron chi connectivity index (χ0n) is 5.55. The second-order valence-corrected chi connectivity index (χ2v) is 2.45. The summed E-state index contributed by atoms with van der Waals surface area (Å²) in [5.74, 6) is 4.50. The van der Waals surface area contributed by atoms with Crippen LogP contribution in [0.2, 0.25) is 0 Å². The summed E-state index contributed by atoms with van der Waals surface area (Å²) in [4.78, 5) is 0. The fourth-order valence-corrected chi connectivity index (χ4v) is 0.844. The van der Waals surface area contributed by atoms with Crippen molar-refractivity contribution in [3.8, 4) is 11.8 Å². The molecule has 1 rings (SSSR count). The third kappa shape index (κ3) is 0.985. The van der Waals surface area contributed by atoms with E-state index in [1.807, 2.05) is 0 Å². The second kappa shape index (κ2) is 1.91. The average molecular weight is 148 g/mol. The highest BCUT2D eigenvalue weighted by molar-refractivity contribution is 5.21. The van der Waals surface area contributed by atoms with E-state index in [1.165, 1.54) is 6.92 Å². The summed E-state index contributed by atoms with van der Waals surface area (Å²) < 4.78 is 35.9. The van der Waals surface area contributed by atoms with Crippen LogP contribution in [0.4, 0.5) is 13.2 Å². The maximum absolute atomic E-state index is 12.0. The Morgan fingerprint density at radius 2 is 1.80 bits per heavy atom. The first kappa shape index (κ1) is 7.46. The molecule has 1 fully saturated rings. The molecule has 0 nitrogen and oxygen atoms in total. The molecular formula is C7H7F3. The van der Waals surface area contributed by atoms with Crippen molar-refractivity contribution in [2.75, 3.05) is 0 Å². The summed E-state index contributed by atoms with van der Waals surface area (Å²) in [6, 6.07) is 0. The van der Waals surface area contributed by atoms with Crippen molar-refractivity contribution in [1.82, 2.24) is 0 Å². The Hall–Kier alpha value is -0.650. The van der Waals surface area contributed by atoms with Crippen LogP contribution in [0.3, 0.4) is 0 Å². The highest BCUT2D eigenvalue weighted by atomic mass is 19.4. The predicted molar refractivity (Wildman–Crippen MR) is 31.2 cm³/mol. The van der Waals surface area contributed by atoms with E-state index in [9.17, 15) is 13.2 Å². The molecule has 0 heterocycles. The normalized spacial score (nSPS) is 21.2. The largest absolute Gasteiger partial charge is 0.405 e. The average Bonchev–Trinajstić information content (AvgIpc) is 2.45. The van der Waals surface area contributed by atoms with E-state index in [0.717, 1.165) is 0 Å². The van der Waals surface area contributed by atoms with E-state index < -0.39 is 11.6 Å². The van der Waals surface area contributed by atoms with Crippen molar-refractivity contribution >= 4 is 0 Å². The topological polar surface area (TPSA) is 0 Å². The van der Waals surface area contributed by atoms with Gasteiger partial charge < -0.3 is 0 Å². The van der Waals surface area contributed by atoms with E-state index in [0.29, 0.717) is 0 Å². The summed E-state index contributed by atoms with van der Waals surface area (Å²) in [6.07, 6.45) is -3.76. The lowest BCUT2D eigenvalue weighted by Gasteiger charge is -2.11. The van der Waals surface area contributed by atoms with Crippen molar-refractivity contribution in [2.24, 2.45) is 5.41 Å². The summed E-state index contributed by atoms with van der Waals surface area (Å²) in [6.45, 7) is 1.44. The Kier molecular flexibility index (Phi) is 1.43. The van der Waals surface area contributed by atoms with E-state index in [4.69, 9.17) is 0 Å². The molecule has 1 saturated carbocycles. The molecule has 3 heteroatoms. The number of halogens is 3. The lowest BCUT2D eigenvalue weighted by molar-refractivity contribution is -0.168. The van der Waals surface area contributed by atoms with Crippen molar-refractivity contribution in [1.29, 1.82) is 0 Å². The van der Waals surface area contributed by atoms with Crippen LogP contribution in [0.25, 0.3) is 0 Å². The molecule has 0 atom stereocenters. The van der Waals surface area contributed by atoms with Crippen LogP contribution in [-0.2, 0) is 0 Å². The van der Waals surface area contributed by atoms with E-state index in [1.54, 1.807) is 0 Å². The lowest BCUT2D eigenvalue weighted by atomic mass is 10.1. The van der Waals surface area contributed by atoms with Gasteiger partial charge >= 0.3 is 6.18 Å². The summed E-state index contributed by atoms with van der Waals surface area (Å²) in [7, 11) is 0. The van der Waals surface area contributed by atoms with Crippen molar-refractivity contribution < 1.29 is 13.2 Å². The van der Waals surface area contributed by atoms with Crippen molar-refractivity contribution in [3.05, 3.63) is 0 Å². The van der Waals surface area contributed by atoms with Crippen LogP contribution in [0.15, 0.2) is 0 Å². The first-order valence-electron chi connectivity index (χ1n) is 3.02. The molecule has 0 amide bonds. The van der Waals surface area contributed by atoms with Crippen molar-refractivity contribution in [2.45, 2.75) is 25.9 Å². The second-order valence-electron chi connectivity index (χ2n) is 2.45. The van der Waals surface area contributed by atoms with Gasteiger partial charge in [-0.2, -0.15) is 13.2 Å². The minimum Gasteiger partial charge on any atom is -0.169 e. The summed E-state index contributed by atoms with van der Waals surface area (Å²) in [5, 5.41) is 0. The van der Waals surface area contributed by atoms with Crippen LogP contribution in [0.5, 0.6) is 0 Å². The van der Waals surface area contributed by atoms with Gasteiger partial charge in [-0.15, -0.1) is 5.92 Å². The quantitative estimate of drug-likeness (QED) is 0.462. The van der Waals surface area contributed by atoms with Gasteiger partial charge in [0, 0.05) is 0 Å². The number of rotatable bonds is 0. The Labute approximate surface area is 57.4 Å². The molecule has 1 aliphatic carbocycles. The Bertz CT molecular complexity index is 187. The summed E-state index contributed by atoms with van der Waals surface area (Å²) >= 11 is 0. The zero-order valence-corrected chi connectivity index (χ0v) is 5.55. The molecular weight excluding hydrogens is 141 g/mol. The molecule has 0 aromatic carbocycles. The molecule has 0 unspecified atom stereocenters. The summed E-state index contributed by atoms with van der Waals surface area (Å²) in [5.41, 5.74) is -1.62. The van der Waals surface area contributed by atoms with Gasteiger partial charge in [0.15, 0.2) is 0 Å². The van der Waals surface area contributed by atoms with Gasteiger partial charge in [0.2, 0.25) is 0 Å². The highest BCUT2D eigenvalue weighted by Crippen LogP contribution is 2.56. The van der Waals surface area contributed by atoms with Gasteiger partial charge in [-0.1, -0.05) is 5.92 Å². The fraction of sp³-hybridized carbons (Fsp3) is 0.714. The maximum atomic E-state index is 12.0. The molecule has 1 aliphatic rings. The van der Waals surface area contributed by atoms with E-state index in [-0.39, 0.29) is 12.8 Å². The van der Waals surface area contributed by atoms with Crippen LogP contribution in [-0.4, -0.2) is 6.18 Å². The van der Waals surface area contributed by atoms with Gasteiger partial charge in [-0.3, -0.25) is 0 Å². The Morgan fingerprint density at radius 1 is 1.30 bits per heavy atom. The smallest absolute Gasteiger partial charge is 0.169 e. The molecule has 0 aliphatic heterocycles. The SMILES string of the molecule is CC#CC1(C(F)(F)F)CC1. The van der Waals surface area contributed by atoms with Gasteiger partial charge in [0.05, 0.1) is 0 Å². The zero-order chi connectivity index (χ0) is 7.83. The molecule has 56 valence electrons. The minimum absolute atomic E-state index is 0.178. The molecule has 0 N–H and O–H groups in total. The number of hydrogen-bond donors (Lipinski definition) is 0.